The third kappa shape index (κ3) is 2.93. The molecule has 3 N–H and O–H groups in total. The summed E-state index contributed by atoms with van der Waals surface area (Å²) in [6, 6.07) is 0. The standard InChI is InChI=1S/C10H18N2O4/c1-16-5-4-12(6-8(13)14)9(15)10(7-11)2-3-10/h2-7,11H2,1H3,(H,13,14). The van der Waals surface area contributed by atoms with Gasteiger partial charge in [-0.1, -0.05) is 0 Å². The number of carboxylic acids is 1. The smallest absolute Gasteiger partial charge is 0.323 e. The predicted molar refractivity (Wildman–Crippen MR) is 56.8 cm³/mol. The summed E-state index contributed by atoms with van der Waals surface area (Å²) in [4.78, 5) is 24.0. The van der Waals surface area contributed by atoms with Gasteiger partial charge in [0.2, 0.25) is 5.91 Å². The van der Waals surface area contributed by atoms with Crippen molar-refractivity contribution >= 4 is 11.9 Å². The Bertz CT molecular complexity index is 276. The lowest BCUT2D eigenvalue weighted by molar-refractivity contribution is -0.147. The molecule has 0 atom stereocenters. The largest absolute Gasteiger partial charge is 0.480 e. The van der Waals surface area contributed by atoms with Crippen molar-refractivity contribution in [3.63, 3.8) is 0 Å². The summed E-state index contributed by atoms with van der Waals surface area (Å²) >= 11 is 0. The average Bonchev–Trinajstić information content (AvgIpc) is 3.03. The molecule has 92 valence electrons. The Kier molecular flexibility index (Phi) is 4.26. The minimum Gasteiger partial charge on any atom is -0.480 e. The first-order valence-electron chi connectivity index (χ1n) is 5.26. The molecule has 6 nitrogen and oxygen atoms in total. The second-order valence-electron chi connectivity index (χ2n) is 4.10. The van der Waals surface area contributed by atoms with E-state index in [0.29, 0.717) is 13.2 Å². The van der Waals surface area contributed by atoms with Crippen molar-refractivity contribution in [1.82, 2.24) is 4.90 Å². The van der Waals surface area contributed by atoms with Gasteiger partial charge in [-0.15, -0.1) is 0 Å². The highest BCUT2D eigenvalue weighted by atomic mass is 16.5. The molecule has 0 unspecified atom stereocenters. The fourth-order valence-electron chi connectivity index (χ4n) is 1.61. The molecule has 0 heterocycles. The zero-order chi connectivity index (χ0) is 12.2. The Hall–Kier alpha value is -1.14. The van der Waals surface area contributed by atoms with E-state index in [2.05, 4.69) is 0 Å². The topological polar surface area (TPSA) is 92.9 Å². The van der Waals surface area contributed by atoms with Crippen molar-refractivity contribution in [2.24, 2.45) is 11.1 Å². The molecule has 1 rings (SSSR count). The van der Waals surface area contributed by atoms with Gasteiger partial charge in [0, 0.05) is 20.2 Å². The monoisotopic (exact) mass is 230 g/mol. The van der Waals surface area contributed by atoms with Crippen LogP contribution in [0.15, 0.2) is 0 Å². The second-order valence-corrected chi connectivity index (χ2v) is 4.10. The summed E-state index contributed by atoms with van der Waals surface area (Å²) in [5.74, 6) is -1.17. The van der Waals surface area contributed by atoms with E-state index in [1.165, 1.54) is 12.0 Å². The van der Waals surface area contributed by atoms with Crippen molar-refractivity contribution in [1.29, 1.82) is 0 Å². The maximum Gasteiger partial charge on any atom is 0.323 e. The Morgan fingerprint density at radius 2 is 2.12 bits per heavy atom. The molecular weight excluding hydrogens is 212 g/mol. The lowest BCUT2D eigenvalue weighted by Crippen LogP contribution is -2.44. The third-order valence-corrected chi connectivity index (χ3v) is 2.88. The van der Waals surface area contributed by atoms with Crippen LogP contribution in [-0.4, -0.2) is 55.2 Å². The number of hydrogen-bond acceptors (Lipinski definition) is 4. The Labute approximate surface area is 94.3 Å². The number of methoxy groups -OCH3 is 1. The molecule has 1 saturated carbocycles. The molecule has 0 bridgehead atoms. The molecule has 0 aromatic carbocycles. The van der Waals surface area contributed by atoms with E-state index in [0.717, 1.165) is 12.8 Å². The van der Waals surface area contributed by atoms with Crippen LogP contribution in [-0.2, 0) is 14.3 Å². The van der Waals surface area contributed by atoms with Crippen molar-refractivity contribution in [3.8, 4) is 0 Å². The third-order valence-electron chi connectivity index (χ3n) is 2.88. The summed E-state index contributed by atoms with van der Waals surface area (Å²) in [6.07, 6.45) is 1.51. The van der Waals surface area contributed by atoms with E-state index < -0.39 is 11.4 Å². The van der Waals surface area contributed by atoms with Gasteiger partial charge in [-0.3, -0.25) is 9.59 Å². The lowest BCUT2D eigenvalue weighted by Gasteiger charge is -2.24. The van der Waals surface area contributed by atoms with Crippen molar-refractivity contribution < 1.29 is 19.4 Å². The number of carbonyl (C=O) groups excluding carboxylic acids is 1. The van der Waals surface area contributed by atoms with Crippen LogP contribution in [0.25, 0.3) is 0 Å². The van der Waals surface area contributed by atoms with Crippen LogP contribution in [0.4, 0.5) is 0 Å². The number of aliphatic carboxylic acids is 1. The average molecular weight is 230 g/mol. The number of rotatable bonds is 7. The normalized spacial score (nSPS) is 16.9. The number of carboxylic acid groups (broad SMARTS) is 1. The summed E-state index contributed by atoms with van der Waals surface area (Å²) in [5.41, 5.74) is 5.04. The molecule has 1 fully saturated rings. The summed E-state index contributed by atoms with van der Waals surface area (Å²) in [5, 5.41) is 8.73. The molecule has 1 aliphatic carbocycles. The lowest BCUT2D eigenvalue weighted by atomic mass is 10.1. The molecule has 1 amide bonds. The zero-order valence-electron chi connectivity index (χ0n) is 9.44. The number of carbonyl (C=O) groups is 2. The van der Waals surface area contributed by atoms with Crippen LogP contribution in [0.3, 0.4) is 0 Å². The minimum absolute atomic E-state index is 0.158. The first-order valence-corrected chi connectivity index (χ1v) is 5.26. The SMILES string of the molecule is COCCN(CC(=O)O)C(=O)C1(CN)CC1. The van der Waals surface area contributed by atoms with Gasteiger partial charge in [0.25, 0.3) is 0 Å². The van der Waals surface area contributed by atoms with Gasteiger partial charge in [-0.2, -0.15) is 0 Å². The number of hydrogen-bond donors (Lipinski definition) is 2. The zero-order valence-corrected chi connectivity index (χ0v) is 9.44. The second kappa shape index (κ2) is 5.27. The Balaban J connectivity index is 2.60. The molecule has 16 heavy (non-hydrogen) atoms. The van der Waals surface area contributed by atoms with E-state index in [9.17, 15) is 9.59 Å². The van der Waals surface area contributed by atoms with Gasteiger partial charge in [0.1, 0.15) is 6.54 Å². The van der Waals surface area contributed by atoms with Crippen LogP contribution in [0.5, 0.6) is 0 Å². The fraction of sp³-hybridized carbons (Fsp3) is 0.800. The fourth-order valence-corrected chi connectivity index (χ4v) is 1.61. The van der Waals surface area contributed by atoms with E-state index in [1.807, 2.05) is 0 Å². The Morgan fingerprint density at radius 1 is 1.50 bits per heavy atom. The first kappa shape index (κ1) is 12.9. The predicted octanol–water partition coefficient (Wildman–Crippen LogP) is -0.715. The first-order chi connectivity index (χ1) is 7.55. The molecule has 0 radical (unpaired) electrons. The molecule has 0 aromatic heterocycles. The Morgan fingerprint density at radius 3 is 2.50 bits per heavy atom. The van der Waals surface area contributed by atoms with Crippen LogP contribution < -0.4 is 5.73 Å². The molecule has 6 heteroatoms. The highest BCUT2D eigenvalue weighted by Gasteiger charge is 2.50. The molecule has 0 saturated heterocycles. The van der Waals surface area contributed by atoms with Gasteiger partial charge in [-0.05, 0) is 12.8 Å². The molecule has 0 spiro atoms. The highest BCUT2D eigenvalue weighted by Crippen LogP contribution is 2.46. The number of nitrogens with two attached hydrogens (primary N) is 1. The maximum absolute atomic E-state index is 12.0. The molecule has 0 aliphatic heterocycles. The van der Waals surface area contributed by atoms with Crippen LogP contribution in [0, 0.1) is 5.41 Å². The van der Waals surface area contributed by atoms with Crippen molar-refractivity contribution in [2.45, 2.75) is 12.8 Å². The van der Waals surface area contributed by atoms with Gasteiger partial charge in [0.15, 0.2) is 0 Å². The minimum atomic E-state index is -1.02. The van der Waals surface area contributed by atoms with E-state index >= 15 is 0 Å². The van der Waals surface area contributed by atoms with E-state index in [4.69, 9.17) is 15.6 Å². The van der Waals surface area contributed by atoms with Gasteiger partial charge in [0.05, 0.1) is 12.0 Å². The van der Waals surface area contributed by atoms with E-state index in [-0.39, 0.29) is 19.0 Å². The molecule has 0 aromatic rings. The summed E-state index contributed by atoms with van der Waals surface area (Å²) in [6.45, 7) is 0.627. The van der Waals surface area contributed by atoms with Gasteiger partial charge < -0.3 is 20.5 Å². The summed E-state index contributed by atoms with van der Waals surface area (Å²) in [7, 11) is 1.51. The molecule has 1 aliphatic rings. The number of amides is 1. The number of nitrogens with zero attached hydrogens (tertiary/aromatic N) is 1. The van der Waals surface area contributed by atoms with Crippen molar-refractivity contribution in [2.75, 3.05) is 33.4 Å². The maximum atomic E-state index is 12.0. The summed E-state index contributed by atoms with van der Waals surface area (Å²) < 4.78 is 4.85. The highest BCUT2D eigenvalue weighted by molar-refractivity contribution is 5.88. The van der Waals surface area contributed by atoms with Crippen LogP contribution >= 0.6 is 0 Å². The quantitative estimate of drug-likeness (QED) is 0.602. The number of ether oxygens (including phenoxy) is 1. The molecular formula is C10H18N2O4. The van der Waals surface area contributed by atoms with E-state index in [1.54, 1.807) is 0 Å². The van der Waals surface area contributed by atoms with Crippen LogP contribution in [0.1, 0.15) is 12.8 Å². The van der Waals surface area contributed by atoms with Gasteiger partial charge in [-0.25, -0.2) is 0 Å². The van der Waals surface area contributed by atoms with Crippen LogP contribution in [0.2, 0.25) is 0 Å². The van der Waals surface area contributed by atoms with Crippen molar-refractivity contribution in [3.05, 3.63) is 0 Å². The van der Waals surface area contributed by atoms with Gasteiger partial charge >= 0.3 is 5.97 Å².